The average molecular weight is 833 g/mol. The van der Waals surface area contributed by atoms with Crippen LogP contribution < -0.4 is 0 Å². The van der Waals surface area contributed by atoms with Crippen LogP contribution in [0.4, 0.5) is 0 Å². The third kappa shape index (κ3) is 8.14. The van der Waals surface area contributed by atoms with E-state index in [0.29, 0.717) is 0 Å². The molecule has 4 aromatic carbocycles. The summed E-state index contributed by atoms with van der Waals surface area (Å²) < 4.78 is 0. The molecule has 8 aromatic heterocycles. The lowest BCUT2D eigenvalue weighted by Gasteiger charge is -2.09. The van der Waals surface area contributed by atoms with Crippen molar-refractivity contribution >= 4 is 87.2 Å². The van der Waals surface area contributed by atoms with Gasteiger partial charge in [0.15, 0.2) is 0 Å². The van der Waals surface area contributed by atoms with Gasteiger partial charge in [0, 0.05) is 91.7 Å². The van der Waals surface area contributed by atoms with Crippen molar-refractivity contribution in [3.63, 3.8) is 0 Å². The largest absolute Gasteiger partial charge is 0.254 e. The molecule has 0 aliphatic heterocycles. The molecule has 0 radical (unpaired) electrons. The minimum atomic E-state index is 0.989. The molecule has 0 amide bonds. The Morgan fingerprint density at radius 1 is 0.297 bits per heavy atom. The Bertz CT molecular complexity index is 3480. The second-order valence-electron chi connectivity index (χ2n) is 16.5. The summed E-state index contributed by atoms with van der Waals surface area (Å²) >= 11 is 0. The molecule has 64 heavy (non-hydrogen) atoms. The van der Waals surface area contributed by atoms with Crippen LogP contribution in [0.5, 0.6) is 0 Å². The van der Waals surface area contributed by atoms with Crippen LogP contribution in [-0.4, -0.2) is 39.9 Å². The Morgan fingerprint density at radius 2 is 0.672 bits per heavy atom. The van der Waals surface area contributed by atoms with Gasteiger partial charge in [-0.1, -0.05) is 60.7 Å². The van der Waals surface area contributed by atoms with Gasteiger partial charge in [-0.05, 0) is 137 Å². The quantitative estimate of drug-likeness (QED) is 0.139. The van der Waals surface area contributed by atoms with E-state index in [0.717, 1.165) is 77.1 Å². The van der Waals surface area contributed by atoms with Gasteiger partial charge in [0.05, 0.1) is 44.1 Å². The maximum atomic E-state index is 4.58. The lowest BCUT2D eigenvalue weighted by atomic mass is 9.99. The summed E-state index contributed by atoms with van der Waals surface area (Å²) in [6, 6.07) is 37.5. The number of aromatic nitrogens is 8. The van der Waals surface area contributed by atoms with E-state index < -0.39 is 0 Å². The molecule has 8 heteroatoms. The van der Waals surface area contributed by atoms with Crippen molar-refractivity contribution in [1.29, 1.82) is 0 Å². The van der Waals surface area contributed by atoms with Crippen molar-refractivity contribution in [1.82, 2.24) is 39.9 Å². The fourth-order valence-electron chi connectivity index (χ4n) is 8.28. The summed E-state index contributed by atoms with van der Waals surface area (Å²) in [4.78, 5) is 35.9. The molecule has 0 saturated carbocycles. The van der Waals surface area contributed by atoms with Gasteiger partial charge in [-0.2, -0.15) is 0 Å². The molecular weight excluding hydrogens is 785 g/mol. The van der Waals surface area contributed by atoms with Gasteiger partial charge in [-0.15, -0.1) is 0 Å². The van der Waals surface area contributed by atoms with Crippen LogP contribution in [0, 0.1) is 55.4 Å². The molecule has 0 spiro atoms. The van der Waals surface area contributed by atoms with Gasteiger partial charge < -0.3 is 0 Å². The van der Waals surface area contributed by atoms with E-state index in [1.165, 1.54) is 54.9 Å². The van der Waals surface area contributed by atoms with E-state index >= 15 is 0 Å². The maximum absolute atomic E-state index is 4.58. The highest BCUT2D eigenvalue weighted by Crippen LogP contribution is 2.30. The zero-order valence-corrected chi connectivity index (χ0v) is 37.4. The van der Waals surface area contributed by atoms with Crippen molar-refractivity contribution in [3.8, 4) is 0 Å². The fourth-order valence-corrected chi connectivity index (χ4v) is 8.28. The van der Waals surface area contributed by atoms with Gasteiger partial charge in [-0.25, -0.2) is 0 Å². The Kier molecular flexibility index (Phi) is 11.3. The first-order valence-electron chi connectivity index (χ1n) is 21.5. The van der Waals surface area contributed by atoms with Crippen LogP contribution in [0.15, 0.2) is 146 Å². The first-order valence-corrected chi connectivity index (χ1v) is 21.5. The summed E-state index contributed by atoms with van der Waals surface area (Å²) in [7, 11) is 0. The van der Waals surface area contributed by atoms with Gasteiger partial charge in [0.1, 0.15) is 0 Å². The highest BCUT2D eigenvalue weighted by atomic mass is 14.8. The minimum absolute atomic E-state index is 0.989. The Morgan fingerprint density at radius 3 is 1.11 bits per heavy atom. The van der Waals surface area contributed by atoms with E-state index in [9.17, 15) is 0 Å². The molecule has 8 heterocycles. The van der Waals surface area contributed by atoms with Gasteiger partial charge >= 0.3 is 0 Å². The molecule has 312 valence electrons. The van der Waals surface area contributed by atoms with E-state index in [2.05, 4.69) is 154 Å². The van der Waals surface area contributed by atoms with E-state index in [-0.39, 0.29) is 0 Å². The molecule has 8 nitrogen and oxygen atoms in total. The second kappa shape index (κ2) is 17.5. The van der Waals surface area contributed by atoms with Gasteiger partial charge in [0.2, 0.25) is 0 Å². The first-order chi connectivity index (χ1) is 31.0. The lowest BCUT2D eigenvalue weighted by Crippen LogP contribution is -1.91. The lowest BCUT2D eigenvalue weighted by molar-refractivity contribution is 1.23. The van der Waals surface area contributed by atoms with Crippen LogP contribution in [0.25, 0.3) is 87.2 Å². The van der Waals surface area contributed by atoms with Crippen molar-refractivity contribution in [3.05, 3.63) is 191 Å². The predicted octanol–water partition coefficient (Wildman–Crippen LogP) is 13.6. The molecular formula is C56H48N8. The van der Waals surface area contributed by atoms with Gasteiger partial charge in [-0.3, -0.25) is 39.9 Å². The topological polar surface area (TPSA) is 103 Å². The Hall–Kier alpha value is -7.84. The highest BCUT2D eigenvalue weighted by molar-refractivity contribution is 6.07. The third-order valence-corrected chi connectivity index (χ3v) is 11.8. The number of benzene rings is 4. The van der Waals surface area contributed by atoms with E-state index in [4.69, 9.17) is 0 Å². The Labute approximate surface area is 372 Å². The molecule has 12 rings (SSSR count). The summed E-state index contributed by atoms with van der Waals surface area (Å²) in [6.07, 6.45) is 11.1. The average Bonchev–Trinajstić information content (AvgIpc) is 3.31. The SMILES string of the molecule is Cc1c(C)c2cccnc2c2ncccc12.Cc1ccc2ccc3ccc(C)nc3c2n1.Cc1ccnc2c1ccc1c(C)ccnc12.Cc1cnc2c(ccc3cc(C)cnc32)c1. The van der Waals surface area contributed by atoms with Crippen molar-refractivity contribution in [2.45, 2.75) is 55.4 Å². The van der Waals surface area contributed by atoms with Crippen molar-refractivity contribution in [2.24, 2.45) is 0 Å². The predicted molar refractivity (Wildman–Crippen MR) is 266 cm³/mol. The van der Waals surface area contributed by atoms with Crippen LogP contribution in [0.1, 0.15) is 44.8 Å². The first kappa shape index (κ1) is 41.5. The number of pyridine rings is 8. The molecule has 0 N–H and O–H groups in total. The third-order valence-electron chi connectivity index (χ3n) is 11.8. The molecule has 0 atom stereocenters. The molecule has 12 aromatic rings. The zero-order valence-electron chi connectivity index (χ0n) is 37.4. The van der Waals surface area contributed by atoms with E-state index in [1.54, 1.807) is 0 Å². The normalized spacial score (nSPS) is 11.1. The number of rotatable bonds is 0. The smallest absolute Gasteiger partial charge is 0.0967 e. The van der Waals surface area contributed by atoms with Crippen LogP contribution >= 0.6 is 0 Å². The summed E-state index contributed by atoms with van der Waals surface area (Å²) in [6.45, 7) is 16.6. The molecule has 0 saturated heterocycles. The molecule has 0 aliphatic rings. The van der Waals surface area contributed by atoms with Gasteiger partial charge in [0.25, 0.3) is 0 Å². The number of aryl methyl sites for hydroxylation is 8. The van der Waals surface area contributed by atoms with E-state index in [1.807, 2.05) is 87.4 Å². The number of hydrogen-bond donors (Lipinski definition) is 0. The number of fused-ring (bicyclic) bond motifs is 12. The monoisotopic (exact) mass is 832 g/mol. The Balaban J connectivity index is 0.000000108. The van der Waals surface area contributed by atoms with Crippen LogP contribution in [-0.2, 0) is 0 Å². The molecule has 0 bridgehead atoms. The fraction of sp³-hybridized carbons (Fsp3) is 0.143. The van der Waals surface area contributed by atoms with Crippen molar-refractivity contribution in [2.75, 3.05) is 0 Å². The van der Waals surface area contributed by atoms with Crippen LogP contribution in [0.3, 0.4) is 0 Å². The van der Waals surface area contributed by atoms with Crippen molar-refractivity contribution < 1.29 is 0 Å². The summed E-state index contributed by atoms with van der Waals surface area (Å²) in [5.41, 5.74) is 17.5. The molecule has 0 fully saturated rings. The maximum Gasteiger partial charge on any atom is 0.0967 e. The highest BCUT2D eigenvalue weighted by Gasteiger charge is 2.10. The number of hydrogen-bond acceptors (Lipinski definition) is 8. The molecule has 0 aliphatic carbocycles. The zero-order chi connectivity index (χ0) is 44.5. The summed E-state index contributed by atoms with van der Waals surface area (Å²) in [5.74, 6) is 0. The standard InChI is InChI=1S/4C14H12N2/c1-9-3-5-11-7-8-12-6-4-10(2)16-14(12)13(11)15-9;1-9-10(2)12-6-4-8-16-14(12)13-11(9)5-3-7-15-13;1-9-5-11-3-4-12-6-10(2)8-16-14(12)13(11)15-7-9;1-9-5-7-15-13-11(9)3-4-12-10(2)6-8-16-14(12)13/h4*3-8H,1-2H3. The van der Waals surface area contributed by atoms with Crippen LogP contribution in [0.2, 0.25) is 0 Å². The summed E-state index contributed by atoms with van der Waals surface area (Å²) in [5, 5.41) is 9.39. The minimum Gasteiger partial charge on any atom is -0.254 e. The second-order valence-corrected chi connectivity index (χ2v) is 16.5. The number of nitrogens with zero attached hydrogens (tertiary/aromatic N) is 8. The molecule has 0 unspecified atom stereocenters.